The maximum absolute atomic E-state index is 5.65. The number of ether oxygens (including phenoxy) is 2. The lowest BCUT2D eigenvalue weighted by molar-refractivity contribution is 0.322. The molecule has 0 atom stereocenters. The van der Waals surface area contributed by atoms with E-state index in [-0.39, 0.29) is 24.0 Å². The number of hydrogen-bond acceptors (Lipinski definition) is 3. The number of para-hydroxylation sites is 1. The largest absolute Gasteiger partial charge is 0.496 e. The van der Waals surface area contributed by atoms with E-state index in [0.717, 1.165) is 28.6 Å². The molecule has 0 radical (unpaired) electrons. The van der Waals surface area contributed by atoms with Crippen LogP contribution in [0.15, 0.2) is 53.5 Å². The minimum atomic E-state index is 0. The first-order chi connectivity index (χ1) is 11.7. The Labute approximate surface area is 166 Å². The minimum Gasteiger partial charge on any atom is -0.496 e. The van der Waals surface area contributed by atoms with Crippen LogP contribution >= 0.6 is 24.0 Å². The van der Waals surface area contributed by atoms with Crippen LogP contribution in [0.2, 0.25) is 0 Å². The van der Waals surface area contributed by atoms with Gasteiger partial charge in [0.2, 0.25) is 0 Å². The van der Waals surface area contributed by atoms with E-state index < -0.39 is 0 Å². The van der Waals surface area contributed by atoms with Gasteiger partial charge in [-0.2, -0.15) is 0 Å². The third-order valence-electron chi connectivity index (χ3n) is 3.56. The smallest absolute Gasteiger partial charge is 0.191 e. The van der Waals surface area contributed by atoms with Crippen molar-refractivity contribution in [2.75, 3.05) is 27.3 Å². The van der Waals surface area contributed by atoms with Crippen molar-refractivity contribution in [1.29, 1.82) is 0 Å². The van der Waals surface area contributed by atoms with Crippen molar-refractivity contribution in [1.82, 2.24) is 10.6 Å². The molecule has 2 rings (SSSR count). The van der Waals surface area contributed by atoms with E-state index in [1.165, 1.54) is 0 Å². The second-order valence-corrected chi connectivity index (χ2v) is 5.32. The fourth-order valence-corrected chi connectivity index (χ4v) is 2.24. The molecule has 0 aliphatic heterocycles. The summed E-state index contributed by atoms with van der Waals surface area (Å²) in [6, 6.07) is 15.9. The first-order valence-electron chi connectivity index (χ1n) is 7.99. The normalized spacial score (nSPS) is 10.6. The molecule has 0 spiro atoms. The van der Waals surface area contributed by atoms with Gasteiger partial charge in [0.05, 0.1) is 13.7 Å². The van der Waals surface area contributed by atoms with Gasteiger partial charge in [-0.1, -0.05) is 30.3 Å². The Balaban J connectivity index is 0.00000312. The van der Waals surface area contributed by atoms with Gasteiger partial charge in [-0.3, -0.25) is 4.99 Å². The molecule has 0 bridgehead atoms. The highest BCUT2D eigenvalue weighted by molar-refractivity contribution is 14.0. The van der Waals surface area contributed by atoms with Crippen LogP contribution in [0, 0.1) is 6.92 Å². The molecule has 6 heteroatoms. The molecule has 0 aliphatic carbocycles. The van der Waals surface area contributed by atoms with Crippen molar-refractivity contribution in [3.05, 3.63) is 59.7 Å². The highest BCUT2D eigenvalue weighted by Crippen LogP contribution is 2.18. The van der Waals surface area contributed by atoms with Gasteiger partial charge >= 0.3 is 0 Å². The molecule has 0 fully saturated rings. The number of aliphatic imine (C=N–C) groups is 1. The summed E-state index contributed by atoms with van der Waals surface area (Å²) in [6.45, 7) is 3.95. The van der Waals surface area contributed by atoms with Crippen LogP contribution < -0.4 is 20.1 Å². The van der Waals surface area contributed by atoms with Crippen molar-refractivity contribution in [2.24, 2.45) is 4.99 Å². The fourth-order valence-electron chi connectivity index (χ4n) is 2.24. The van der Waals surface area contributed by atoms with Crippen LogP contribution in [0.1, 0.15) is 11.1 Å². The van der Waals surface area contributed by atoms with Crippen molar-refractivity contribution in [3.8, 4) is 11.5 Å². The summed E-state index contributed by atoms with van der Waals surface area (Å²) in [5, 5.41) is 6.52. The lowest BCUT2D eigenvalue weighted by Gasteiger charge is -2.13. The third-order valence-corrected chi connectivity index (χ3v) is 3.56. The third kappa shape index (κ3) is 7.21. The van der Waals surface area contributed by atoms with Gasteiger partial charge in [-0.25, -0.2) is 0 Å². The summed E-state index contributed by atoms with van der Waals surface area (Å²) in [6.07, 6.45) is 0. The summed E-state index contributed by atoms with van der Waals surface area (Å²) in [7, 11) is 3.44. The quantitative estimate of drug-likeness (QED) is 0.291. The van der Waals surface area contributed by atoms with E-state index >= 15 is 0 Å². The molecule has 0 heterocycles. The van der Waals surface area contributed by atoms with Crippen LogP contribution in [0.3, 0.4) is 0 Å². The van der Waals surface area contributed by atoms with E-state index in [1.807, 2.05) is 43.3 Å². The predicted octanol–water partition coefficient (Wildman–Crippen LogP) is 3.37. The van der Waals surface area contributed by atoms with Crippen molar-refractivity contribution in [2.45, 2.75) is 13.5 Å². The Morgan fingerprint density at radius 1 is 1.08 bits per heavy atom. The molecule has 0 aliphatic rings. The lowest BCUT2D eigenvalue weighted by Crippen LogP contribution is -2.38. The van der Waals surface area contributed by atoms with Gasteiger partial charge in [0.1, 0.15) is 18.1 Å². The lowest BCUT2D eigenvalue weighted by atomic mass is 10.1. The molecule has 136 valence electrons. The molecule has 0 amide bonds. The maximum Gasteiger partial charge on any atom is 0.191 e. The Morgan fingerprint density at radius 2 is 1.84 bits per heavy atom. The second-order valence-electron chi connectivity index (χ2n) is 5.32. The number of guanidine groups is 1. The van der Waals surface area contributed by atoms with Crippen LogP contribution in [0.4, 0.5) is 0 Å². The molecule has 0 aromatic heterocycles. The topological polar surface area (TPSA) is 54.9 Å². The number of nitrogens with one attached hydrogen (secondary N) is 2. The predicted molar refractivity (Wildman–Crippen MR) is 113 cm³/mol. The Morgan fingerprint density at radius 3 is 2.52 bits per heavy atom. The summed E-state index contributed by atoms with van der Waals surface area (Å²) >= 11 is 0. The zero-order chi connectivity index (χ0) is 17.2. The van der Waals surface area contributed by atoms with Crippen LogP contribution in [-0.4, -0.2) is 33.3 Å². The molecule has 0 saturated heterocycles. The molecule has 2 aromatic carbocycles. The molecular formula is C19H26IN3O2. The summed E-state index contributed by atoms with van der Waals surface area (Å²) in [5.74, 6) is 2.51. The standard InChI is InChI=1S/C19H25N3O2.HI/c1-15-9-10-16(13-18(15)23-3)14-22-19(20-2)21-11-12-24-17-7-5-4-6-8-17;/h4-10,13H,11-12,14H2,1-3H3,(H2,20,21,22);1H. The fraction of sp³-hybridized carbons (Fsp3) is 0.316. The van der Waals surface area contributed by atoms with Gasteiger partial charge in [0.15, 0.2) is 5.96 Å². The van der Waals surface area contributed by atoms with E-state index in [2.05, 4.69) is 27.8 Å². The molecule has 5 nitrogen and oxygen atoms in total. The zero-order valence-electron chi connectivity index (χ0n) is 14.9. The monoisotopic (exact) mass is 455 g/mol. The van der Waals surface area contributed by atoms with Gasteiger partial charge < -0.3 is 20.1 Å². The van der Waals surface area contributed by atoms with Crippen LogP contribution in [0.5, 0.6) is 11.5 Å². The molecule has 25 heavy (non-hydrogen) atoms. The Kier molecular flexibility index (Phi) is 9.76. The number of aryl methyl sites for hydroxylation is 1. The summed E-state index contributed by atoms with van der Waals surface area (Å²) in [4.78, 5) is 4.22. The number of nitrogens with zero attached hydrogens (tertiary/aromatic N) is 1. The second kappa shape index (κ2) is 11.6. The highest BCUT2D eigenvalue weighted by Gasteiger charge is 2.02. The Hall–Kier alpha value is -1.96. The van der Waals surface area contributed by atoms with Crippen molar-refractivity contribution in [3.63, 3.8) is 0 Å². The number of hydrogen-bond donors (Lipinski definition) is 2. The van der Waals surface area contributed by atoms with Gasteiger partial charge in [-0.05, 0) is 36.2 Å². The van der Waals surface area contributed by atoms with Gasteiger partial charge in [0, 0.05) is 13.6 Å². The zero-order valence-corrected chi connectivity index (χ0v) is 17.2. The number of halogens is 1. The van der Waals surface area contributed by atoms with E-state index in [0.29, 0.717) is 19.7 Å². The van der Waals surface area contributed by atoms with Gasteiger partial charge in [-0.15, -0.1) is 24.0 Å². The van der Waals surface area contributed by atoms with Crippen molar-refractivity contribution < 1.29 is 9.47 Å². The van der Waals surface area contributed by atoms with Gasteiger partial charge in [0.25, 0.3) is 0 Å². The highest BCUT2D eigenvalue weighted by atomic mass is 127. The molecule has 2 aromatic rings. The Bertz CT molecular complexity index is 663. The average Bonchev–Trinajstić information content (AvgIpc) is 2.63. The molecule has 2 N–H and O–H groups in total. The van der Waals surface area contributed by atoms with Crippen molar-refractivity contribution >= 4 is 29.9 Å². The first-order valence-corrected chi connectivity index (χ1v) is 7.99. The van der Waals surface area contributed by atoms with Crippen LogP contribution in [-0.2, 0) is 6.54 Å². The SMILES string of the molecule is CN=C(NCCOc1ccccc1)NCc1ccc(C)c(OC)c1.I. The number of benzene rings is 2. The van der Waals surface area contributed by atoms with E-state index in [4.69, 9.17) is 9.47 Å². The number of rotatable bonds is 7. The maximum atomic E-state index is 5.65. The van der Waals surface area contributed by atoms with Crippen LogP contribution in [0.25, 0.3) is 0 Å². The summed E-state index contributed by atoms with van der Waals surface area (Å²) in [5.41, 5.74) is 2.27. The number of methoxy groups -OCH3 is 1. The average molecular weight is 455 g/mol. The van der Waals surface area contributed by atoms with E-state index in [1.54, 1.807) is 14.2 Å². The molecule has 0 unspecified atom stereocenters. The first kappa shape index (κ1) is 21.1. The molecule has 0 saturated carbocycles. The summed E-state index contributed by atoms with van der Waals surface area (Å²) < 4.78 is 11.0. The van der Waals surface area contributed by atoms with E-state index in [9.17, 15) is 0 Å². The molecular weight excluding hydrogens is 429 g/mol. The minimum absolute atomic E-state index is 0.